The first-order valence-electron chi connectivity index (χ1n) is 8.56. The zero-order valence-electron chi connectivity index (χ0n) is 15.8. The number of thiazole rings is 1. The SMILES string of the molecule is COC(=O)CN(C)c1nc(-c2ccc(-c3ccccc3)cc2)c(C(=O)OC)s1. The van der Waals surface area contributed by atoms with E-state index in [0.29, 0.717) is 15.7 Å². The van der Waals surface area contributed by atoms with Gasteiger partial charge in [-0.05, 0) is 11.1 Å². The normalized spacial score (nSPS) is 10.4. The fraction of sp³-hybridized carbons (Fsp3) is 0.190. The van der Waals surface area contributed by atoms with Crippen LogP contribution in [0.2, 0.25) is 0 Å². The van der Waals surface area contributed by atoms with Crippen LogP contribution in [-0.2, 0) is 14.3 Å². The minimum absolute atomic E-state index is 0.0387. The number of aromatic nitrogens is 1. The van der Waals surface area contributed by atoms with Crippen LogP contribution >= 0.6 is 11.3 Å². The first-order valence-corrected chi connectivity index (χ1v) is 9.38. The maximum atomic E-state index is 12.2. The van der Waals surface area contributed by atoms with E-state index in [-0.39, 0.29) is 12.5 Å². The van der Waals surface area contributed by atoms with Crippen molar-refractivity contribution in [2.45, 2.75) is 0 Å². The maximum absolute atomic E-state index is 12.2. The molecule has 3 aromatic rings. The quantitative estimate of drug-likeness (QED) is 0.589. The summed E-state index contributed by atoms with van der Waals surface area (Å²) in [5.41, 5.74) is 3.51. The molecule has 3 rings (SSSR count). The van der Waals surface area contributed by atoms with Crippen LogP contribution < -0.4 is 4.90 Å². The highest BCUT2D eigenvalue weighted by molar-refractivity contribution is 7.17. The number of carbonyl (C=O) groups is 2. The molecule has 0 radical (unpaired) electrons. The van der Waals surface area contributed by atoms with Gasteiger partial charge in [0.2, 0.25) is 0 Å². The lowest BCUT2D eigenvalue weighted by atomic mass is 10.0. The summed E-state index contributed by atoms with van der Waals surface area (Å²) < 4.78 is 9.60. The predicted octanol–water partition coefficient (Wildman–Crippen LogP) is 3.87. The maximum Gasteiger partial charge on any atom is 0.350 e. The summed E-state index contributed by atoms with van der Waals surface area (Å²) in [5.74, 6) is -0.844. The number of benzene rings is 2. The van der Waals surface area contributed by atoms with Gasteiger partial charge in [-0.2, -0.15) is 0 Å². The third kappa shape index (κ3) is 4.20. The second kappa shape index (κ2) is 8.67. The van der Waals surface area contributed by atoms with Crippen LogP contribution in [0, 0.1) is 0 Å². The van der Waals surface area contributed by atoms with Crippen LogP contribution in [0.1, 0.15) is 9.67 Å². The molecule has 0 atom stereocenters. The Bertz CT molecular complexity index is 968. The van der Waals surface area contributed by atoms with E-state index in [1.165, 1.54) is 25.6 Å². The Morgan fingerprint density at radius 2 is 1.54 bits per heavy atom. The molecule has 0 bridgehead atoms. The Morgan fingerprint density at radius 1 is 0.929 bits per heavy atom. The number of hydrogen-bond donors (Lipinski definition) is 0. The van der Waals surface area contributed by atoms with Gasteiger partial charge >= 0.3 is 11.9 Å². The number of hydrogen-bond acceptors (Lipinski definition) is 7. The average molecular weight is 396 g/mol. The molecule has 28 heavy (non-hydrogen) atoms. The topological polar surface area (TPSA) is 68.7 Å². The van der Waals surface area contributed by atoms with Gasteiger partial charge in [0.1, 0.15) is 11.4 Å². The first kappa shape index (κ1) is 19.6. The van der Waals surface area contributed by atoms with Crippen molar-refractivity contribution in [3.63, 3.8) is 0 Å². The molecule has 144 valence electrons. The molecule has 0 spiro atoms. The second-order valence-corrected chi connectivity index (χ2v) is 7.02. The van der Waals surface area contributed by atoms with Crippen LogP contribution in [0.5, 0.6) is 0 Å². The van der Waals surface area contributed by atoms with Crippen LogP contribution in [0.3, 0.4) is 0 Å². The van der Waals surface area contributed by atoms with Crippen molar-refractivity contribution in [3.05, 3.63) is 59.5 Å². The molecule has 0 unspecified atom stereocenters. The van der Waals surface area contributed by atoms with E-state index < -0.39 is 5.97 Å². The van der Waals surface area contributed by atoms with Gasteiger partial charge in [-0.3, -0.25) is 4.79 Å². The summed E-state index contributed by atoms with van der Waals surface area (Å²) in [6.45, 7) is 0.0387. The van der Waals surface area contributed by atoms with Crippen molar-refractivity contribution >= 4 is 28.4 Å². The van der Waals surface area contributed by atoms with Gasteiger partial charge in [0.25, 0.3) is 0 Å². The summed E-state index contributed by atoms with van der Waals surface area (Å²) in [7, 11) is 4.39. The monoisotopic (exact) mass is 396 g/mol. The second-order valence-electron chi connectivity index (χ2n) is 6.04. The fourth-order valence-electron chi connectivity index (χ4n) is 2.68. The number of carbonyl (C=O) groups excluding carboxylic acids is 2. The molecule has 0 fully saturated rings. The van der Waals surface area contributed by atoms with Gasteiger partial charge in [-0.25, -0.2) is 9.78 Å². The number of esters is 2. The third-order valence-corrected chi connectivity index (χ3v) is 5.32. The summed E-state index contributed by atoms with van der Waals surface area (Å²) in [5, 5.41) is 0.535. The summed E-state index contributed by atoms with van der Waals surface area (Å²) in [6, 6.07) is 17.9. The van der Waals surface area contributed by atoms with Crippen molar-refractivity contribution in [2.24, 2.45) is 0 Å². The molecule has 0 aliphatic heterocycles. The molecule has 0 aliphatic rings. The highest BCUT2D eigenvalue weighted by atomic mass is 32.1. The molecule has 0 aliphatic carbocycles. The van der Waals surface area contributed by atoms with E-state index in [9.17, 15) is 9.59 Å². The molecule has 7 heteroatoms. The van der Waals surface area contributed by atoms with Gasteiger partial charge in [0.15, 0.2) is 5.13 Å². The van der Waals surface area contributed by atoms with E-state index in [0.717, 1.165) is 16.7 Å². The van der Waals surface area contributed by atoms with Gasteiger partial charge in [0.05, 0.1) is 19.9 Å². The van der Waals surface area contributed by atoms with Gasteiger partial charge in [0, 0.05) is 12.6 Å². The largest absolute Gasteiger partial charge is 0.468 e. The number of rotatable bonds is 6. The summed E-state index contributed by atoms with van der Waals surface area (Å²) >= 11 is 1.18. The molecule has 1 heterocycles. The molecule has 0 N–H and O–H groups in total. The summed E-state index contributed by atoms with van der Waals surface area (Å²) in [4.78, 5) is 30.4. The van der Waals surface area contributed by atoms with Gasteiger partial charge in [-0.15, -0.1) is 0 Å². The number of ether oxygens (including phenoxy) is 2. The molecule has 6 nitrogen and oxygen atoms in total. The highest BCUT2D eigenvalue weighted by Gasteiger charge is 2.22. The number of methoxy groups -OCH3 is 2. The van der Waals surface area contributed by atoms with Crippen LogP contribution in [-0.4, -0.2) is 44.7 Å². The third-order valence-electron chi connectivity index (χ3n) is 4.17. The van der Waals surface area contributed by atoms with E-state index in [4.69, 9.17) is 9.47 Å². The van der Waals surface area contributed by atoms with Crippen LogP contribution in [0.4, 0.5) is 5.13 Å². The zero-order valence-corrected chi connectivity index (χ0v) is 16.7. The van der Waals surface area contributed by atoms with Crippen LogP contribution in [0.25, 0.3) is 22.4 Å². The van der Waals surface area contributed by atoms with Crippen molar-refractivity contribution < 1.29 is 19.1 Å². The average Bonchev–Trinajstić information content (AvgIpc) is 3.19. The molecular formula is C21H20N2O4S. The Kier molecular flexibility index (Phi) is 6.06. The van der Waals surface area contributed by atoms with Crippen molar-refractivity contribution in [1.29, 1.82) is 0 Å². The molecular weight excluding hydrogens is 376 g/mol. The first-order chi connectivity index (χ1) is 13.5. The lowest BCUT2D eigenvalue weighted by Crippen LogP contribution is -2.26. The number of anilines is 1. The van der Waals surface area contributed by atoms with E-state index in [1.807, 2.05) is 54.6 Å². The van der Waals surface area contributed by atoms with Crippen molar-refractivity contribution in [2.75, 3.05) is 32.7 Å². The molecule has 2 aromatic carbocycles. The summed E-state index contributed by atoms with van der Waals surface area (Å²) in [6.07, 6.45) is 0. The minimum atomic E-state index is -0.461. The Balaban J connectivity index is 1.95. The molecule has 0 amide bonds. The van der Waals surface area contributed by atoms with Crippen molar-refractivity contribution in [3.8, 4) is 22.4 Å². The Labute approximate surface area is 167 Å². The van der Waals surface area contributed by atoms with E-state index in [2.05, 4.69) is 4.98 Å². The number of likely N-dealkylation sites (N-methyl/N-ethyl adjacent to an activating group) is 1. The molecule has 1 aromatic heterocycles. The number of nitrogens with zero attached hydrogens (tertiary/aromatic N) is 2. The molecule has 0 saturated heterocycles. The minimum Gasteiger partial charge on any atom is -0.468 e. The van der Waals surface area contributed by atoms with E-state index >= 15 is 0 Å². The van der Waals surface area contributed by atoms with Crippen LogP contribution in [0.15, 0.2) is 54.6 Å². The van der Waals surface area contributed by atoms with Crippen molar-refractivity contribution in [1.82, 2.24) is 4.98 Å². The van der Waals surface area contributed by atoms with E-state index in [1.54, 1.807) is 11.9 Å². The highest BCUT2D eigenvalue weighted by Crippen LogP contribution is 2.34. The lowest BCUT2D eigenvalue weighted by molar-refractivity contribution is -0.138. The Morgan fingerprint density at radius 3 is 2.14 bits per heavy atom. The Hall–Kier alpha value is -3.19. The predicted molar refractivity (Wildman–Crippen MR) is 110 cm³/mol. The zero-order chi connectivity index (χ0) is 20.1. The smallest absolute Gasteiger partial charge is 0.350 e. The lowest BCUT2D eigenvalue weighted by Gasteiger charge is -2.13. The standard InChI is InChI=1S/C21H20N2O4S/c1-23(13-17(24)26-2)21-22-18(19(28-21)20(25)27-3)16-11-9-15(10-12-16)14-7-5-4-6-8-14/h4-12H,13H2,1-3H3. The van der Waals surface area contributed by atoms with Gasteiger partial charge in [-0.1, -0.05) is 65.9 Å². The van der Waals surface area contributed by atoms with Gasteiger partial charge < -0.3 is 14.4 Å². The molecule has 0 saturated carbocycles. The fourth-order valence-corrected chi connectivity index (χ4v) is 3.64.